The number of rotatable bonds is 8. The summed E-state index contributed by atoms with van der Waals surface area (Å²) in [6, 6.07) is 4.82. The predicted octanol–water partition coefficient (Wildman–Crippen LogP) is 4.99. The zero-order valence-electron chi connectivity index (χ0n) is 18.4. The number of fused-ring (bicyclic) bond motifs is 1. The van der Waals surface area contributed by atoms with Crippen molar-refractivity contribution >= 4 is 60.6 Å². The van der Waals surface area contributed by atoms with Crippen LogP contribution >= 0.6 is 34.5 Å². The molecule has 1 saturated carbocycles. The second kappa shape index (κ2) is 10.4. The van der Waals surface area contributed by atoms with E-state index in [-0.39, 0.29) is 22.0 Å². The van der Waals surface area contributed by atoms with Gasteiger partial charge in [-0.05, 0) is 68.7 Å². The van der Waals surface area contributed by atoms with Gasteiger partial charge in [-0.1, -0.05) is 23.2 Å². The van der Waals surface area contributed by atoms with Crippen LogP contribution in [0.2, 0.25) is 10.0 Å². The number of anilines is 1. The van der Waals surface area contributed by atoms with Crippen LogP contribution in [0.5, 0.6) is 0 Å². The molecule has 7 nitrogen and oxygen atoms in total. The Morgan fingerprint density at radius 3 is 2.58 bits per heavy atom. The molecule has 0 unspecified atom stereocenters. The van der Waals surface area contributed by atoms with Gasteiger partial charge >= 0.3 is 0 Å². The van der Waals surface area contributed by atoms with E-state index in [4.69, 9.17) is 23.2 Å². The Morgan fingerprint density at radius 2 is 1.85 bits per heavy atom. The highest BCUT2D eigenvalue weighted by Gasteiger charge is 2.26. The summed E-state index contributed by atoms with van der Waals surface area (Å²) in [7, 11) is -3.63. The predicted molar refractivity (Wildman–Crippen MR) is 136 cm³/mol. The molecule has 4 rings (SSSR count). The Hall–Kier alpha value is -1.49. The van der Waals surface area contributed by atoms with Crippen LogP contribution in [0.1, 0.15) is 38.2 Å². The average molecular weight is 529 g/mol. The van der Waals surface area contributed by atoms with Crippen molar-refractivity contribution in [2.75, 3.05) is 11.9 Å². The highest BCUT2D eigenvalue weighted by atomic mass is 35.5. The lowest BCUT2D eigenvalue weighted by Crippen LogP contribution is -2.44. The summed E-state index contributed by atoms with van der Waals surface area (Å²) in [4.78, 5) is 8.92. The van der Waals surface area contributed by atoms with Crippen LogP contribution in [-0.4, -0.2) is 43.1 Å². The molecule has 0 spiro atoms. The number of hydrogen-bond donors (Lipinski definition) is 3. The molecule has 1 aromatic carbocycles. The largest absolute Gasteiger partial charge is 0.365 e. The standard InChI is InChI=1S/C22H27Cl2N5O2S2/c1-13-11-32-21-20(13)26-12-27-22(21)28-14(2)10-25-15-3-5-16(6-4-15)29-33(30,31)17-7-8-18(23)19(24)9-17/h7-9,11-12,14-16,25,29H,3-6,10H2,1-2H3,(H,26,27,28)/t14-,15?,16?/m0/s1. The summed E-state index contributed by atoms with van der Waals surface area (Å²) < 4.78 is 29.3. The number of nitrogens with one attached hydrogen (secondary N) is 3. The lowest BCUT2D eigenvalue weighted by molar-refractivity contribution is 0.327. The van der Waals surface area contributed by atoms with Gasteiger partial charge in [0.15, 0.2) is 0 Å². The molecule has 1 fully saturated rings. The number of sulfonamides is 1. The first-order valence-corrected chi connectivity index (χ1v) is 14.0. The first-order valence-electron chi connectivity index (χ1n) is 10.9. The lowest BCUT2D eigenvalue weighted by Gasteiger charge is -2.30. The van der Waals surface area contributed by atoms with Crippen molar-refractivity contribution in [3.05, 3.63) is 45.5 Å². The third kappa shape index (κ3) is 5.96. The number of nitrogens with zero attached hydrogens (tertiary/aromatic N) is 2. The SMILES string of the molecule is Cc1csc2c(N[C@@H](C)CNC3CCC(NS(=O)(=O)c4ccc(Cl)c(Cl)c4)CC3)ncnc12. The summed E-state index contributed by atoms with van der Waals surface area (Å²) in [6.45, 7) is 4.97. The zero-order valence-corrected chi connectivity index (χ0v) is 21.6. The van der Waals surface area contributed by atoms with Gasteiger partial charge in [-0.2, -0.15) is 0 Å². The van der Waals surface area contributed by atoms with Crippen LogP contribution in [0, 0.1) is 6.92 Å². The maximum Gasteiger partial charge on any atom is 0.240 e. The van der Waals surface area contributed by atoms with E-state index in [1.54, 1.807) is 17.7 Å². The number of aryl methyl sites for hydroxylation is 1. The van der Waals surface area contributed by atoms with E-state index in [0.29, 0.717) is 11.1 Å². The fraction of sp³-hybridized carbons (Fsp3) is 0.455. The second-order valence-electron chi connectivity index (χ2n) is 8.52. The van der Waals surface area contributed by atoms with Gasteiger partial charge in [0.05, 0.1) is 25.2 Å². The molecule has 33 heavy (non-hydrogen) atoms. The lowest BCUT2D eigenvalue weighted by atomic mass is 9.92. The van der Waals surface area contributed by atoms with Crippen molar-refractivity contribution in [3.8, 4) is 0 Å². The van der Waals surface area contributed by atoms with Gasteiger partial charge in [0.25, 0.3) is 0 Å². The molecule has 3 N–H and O–H groups in total. The number of benzene rings is 1. The molecule has 0 aliphatic heterocycles. The normalized spacial score (nSPS) is 20.1. The van der Waals surface area contributed by atoms with Gasteiger partial charge < -0.3 is 10.6 Å². The Kier molecular flexibility index (Phi) is 7.77. The third-order valence-electron chi connectivity index (χ3n) is 5.88. The molecule has 1 aliphatic rings. The van der Waals surface area contributed by atoms with Gasteiger partial charge in [0.1, 0.15) is 12.1 Å². The molecule has 2 heterocycles. The van der Waals surface area contributed by atoms with Gasteiger partial charge in [-0.25, -0.2) is 23.1 Å². The fourth-order valence-corrected chi connectivity index (χ4v) is 6.70. The van der Waals surface area contributed by atoms with Crippen LogP contribution in [0.3, 0.4) is 0 Å². The van der Waals surface area contributed by atoms with Crippen molar-refractivity contribution in [1.29, 1.82) is 0 Å². The number of thiophene rings is 1. The summed E-state index contributed by atoms with van der Waals surface area (Å²) in [6.07, 6.45) is 4.97. The van der Waals surface area contributed by atoms with Crippen molar-refractivity contribution in [2.24, 2.45) is 0 Å². The number of hydrogen-bond acceptors (Lipinski definition) is 7. The van der Waals surface area contributed by atoms with E-state index >= 15 is 0 Å². The molecule has 0 radical (unpaired) electrons. The van der Waals surface area contributed by atoms with E-state index in [9.17, 15) is 8.42 Å². The fourth-order valence-electron chi connectivity index (χ4n) is 4.05. The van der Waals surface area contributed by atoms with Crippen LogP contribution in [-0.2, 0) is 10.0 Å². The minimum atomic E-state index is -3.63. The van der Waals surface area contributed by atoms with E-state index < -0.39 is 10.0 Å². The maximum absolute atomic E-state index is 12.7. The molecular weight excluding hydrogens is 501 g/mol. The molecule has 0 saturated heterocycles. The maximum atomic E-state index is 12.7. The summed E-state index contributed by atoms with van der Waals surface area (Å²) >= 11 is 13.5. The van der Waals surface area contributed by atoms with E-state index in [1.807, 2.05) is 0 Å². The topological polar surface area (TPSA) is 96.0 Å². The second-order valence-corrected chi connectivity index (χ2v) is 11.9. The first-order chi connectivity index (χ1) is 15.7. The van der Waals surface area contributed by atoms with Gasteiger partial charge in [0, 0.05) is 24.7 Å². The summed E-state index contributed by atoms with van der Waals surface area (Å²) in [5, 5.41) is 9.76. The number of aromatic nitrogens is 2. The van der Waals surface area contributed by atoms with Gasteiger partial charge in [-0.3, -0.25) is 0 Å². The highest BCUT2D eigenvalue weighted by molar-refractivity contribution is 7.89. The Bertz CT molecular complexity index is 1230. The molecule has 2 aromatic heterocycles. The zero-order chi connectivity index (χ0) is 23.6. The molecular formula is C22H27Cl2N5O2S2. The number of halogens is 2. The van der Waals surface area contributed by atoms with Crippen molar-refractivity contribution in [1.82, 2.24) is 20.0 Å². The molecule has 3 aromatic rings. The minimum absolute atomic E-state index is 0.0885. The Balaban J connectivity index is 1.25. The smallest absolute Gasteiger partial charge is 0.240 e. The first kappa shape index (κ1) is 24.6. The summed E-state index contributed by atoms with van der Waals surface area (Å²) in [5.74, 6) is 0.868. The van der Waals surface area contributed by atoms with Crippen LogP contribution in [0.4, 0.5) is 5.82 Å². The molecule has 1 atom stereocenters. The van der Waals surface area contributed by atoms with Crippen molar-refractivity contribution in [2.45, 2.75) is 62.6 Å². The monoisotopic (exact) mass is 527 g/mol. The minimum Gasteiger partial charge on any atom is -0.365 e. The van der Waals surface area contributed by atoms with E-state index in [1.165, 1.54) is 18.2 Å². The Labute approximate surface area is 208 Å². The van der Waals surface area contributed by atoms with E-state index in [2.05, 4.69) is 44.6 Å². The van der Waals surface area contributed by atoms with Crippen LogP contribution < -0.4 is 15.4 Å². The average Bonchev–Trinajstić information content (AvgIpc) is 3.17. The third-order valence-corrected chi connectivity index (χ3v) is 9.23. The van der Waals surface area contributed by atoms with Crippen molar-refractivity contribution < 1.29 is 8.42 Å². The molecule has 0 bridgehead atoms. The van der Waals surface area contributed by atoms with Gasteiger partial charge in [-0.15, -0.1) is 11.3 Å². The molecule has 178 valence electrons. The highest BCUT2D eigenvalue weighted by Crippen LogP contribution is 2.29. The van der Waals surface area contributed by atoms with Crippen LogP contribution in [0.15, 0.2) is 34.8 Å². The Morgan fingerprint density at radius 1 is 1.12 bits per heavy atom. The van der Waals surface area contributed by atoms with E-state index in [0.717, 1.165) is 53.8 Å². The summed E-state index contributed by atoms with van der Waals surface area (Å²) in [5.41, 5.74) is 2.16. The quantitative estimate of drug-likeness (QED) is 0.382. The van der Waals surface area contributed by atoms with Gasteiger partial charge in [0.2, 0.25) is 10.0 Å². The van der Waals surface area contributed by atoms with Crippen molar-refractivity contribution in [3.63, 3.8) is 0 Å². The molecule has 0 amide bonds. The molecule has 1 aliphatic carbocycles. The molecule has 11 heteroatoms. The van der Waals surface area contributed by atoms with Crippen LogP contribution in [0.25, 0.3) is 10.2 Å².